The Morgan fingerprint density at radius 2 is 0.911 bits per heavy atom. The third kappa shape index (κ3) is 9.63. The number of benzene rings is 4. The predicted octanol–water partition coefficient (Wildman–Crippen LogP) is 15.2. The molecule has 6 aromatic rings. The number of aryl methyl sites for hydroxylation is 2. The Balaban J connectivity index is 0.000000223. The number of fused-ring (bicyclic) bond motifs is 6. The van der Waals surface area contributed by atoms with Crippen LogP contribution in [-0.4, -0.2) is 6.88 Å². The number of hydrogen-bond acceptors (Lipinski definition) is 0. The van der Waals surface area contributed by atoms with Crippen molar-refractivity contribution in [2.24, 2.45) is 22.7 Å². The summed E-state index contributed by atoms with van der Waals surface area (Å²) in [5.41, 5.74) is 12.7. The van der Waals surface area contributed by atoms with E-state index in [0.29, 0.717) is 10.8 Å². The van der Waals surface area contributed by atoms with Gasteiger partial charge in [-0.05, 0) is 135 Å². The van der Waals surface area contributed by atoms with Crippen molar-refractivity contribution in [3.8, 4) is 22.3 Å². The fourth-order valence-corrected chi connectivity index (χ4v) is 11.1. The molecule has 0 aliphatic heterocycles. The molecule has 10 rings (SSSR count). The van der Waals surface area contributed by atoms with Crippen LogP contribution in [0.15, 0.2) is 109 Å². The molecule has 0 atom stereocenters. The molecule has 56 heavy (non-hydrogen) atoms. The van der Waals surface area contributed by atoms with Gasteiger partial charge in [-0.25, -0.2) is 0 Å². The van der Waals surface area contributed by atoms with Gasteiger partial charge in [-0.3, -0.25) is 0 Å². The molecule has 4 aliphatic rings. The van der Waals surface area contributed by atoms with Gasteiger partial charge in [-0.2, -0.15) is 12.1 Å². The van der Waals surface area contributed by atoms with Gasteiger partial charge in [0.2, 0.25) is 0 Å². The Labute approximate surface area is 368 Å². The summed E-state index contributed by atoms with van der Waals surface area (Å²) in [6, 6.07) is 41.7. The minimum absolute atomic E-state index is 0. The molecule has 0 amide bonds. The van der Waals surface area contributed by atoms with Crippen LogP contribution in [-0.2, 0) is 49.0 Å². The topological polar surface area (TPSA) is 0 Å². The Bertz CT molecular complexity index is 1970. The molecular weight excluding hydrogens is 815 g/mol. The minimum atomic E-state index is 0. The molecule has 296 valence electrons. The van der Waals surface area contributed by atoms with E-state index < -0.39 is 0 Å². The molecule has 4 bridgehead atoms. The van der Waals surface area contributed by atoms with Crippen molar-refractivity contribution in [1.82, 2.24) is 0 Å². The van der Waals surface area contributed by atoms with Crippen LogP contribution in [0.25, 0.3) is 43.8 Å². The van der Waals surface area contributed by atoms with Crippen molar-refractivity contribution in [3.05, 3.63) is 146 Å². The van der Waals surface area contributed by atoms with E-state index in [0.717, 1.165) is 24.7 Å². The van der Waals surface area contributed by atoms with Crippen LogP contribution < -0.4 is 0 Å². The second-order valence-electron chi connectivity index (χ2n) is 17.1. The summed E-state index contributed by atoms with van der Waals surface area (Å²) in [4.78, 5) is 0. The summed E-state index contributed by atoms with van der Waals surface area (Å²) in [6.45, 7) is 7.50. The Kier molecular flexibility index (Phi) is 16.7. The van der Waals surface area contributed by atoms with E-state index >= 15 is 0 Å². The third-order valence-corrected chi connectivity index (χ3v) is 13.9. The Morgan fingerprint density at radius 3 is 1.21 bits per heavy atom. The molecule has 0 heterocycles. The van der Waals surface area contributed by atoms with Crippen LogP contribution in [0.1, 0.15) is 100 Å². The molecule has 0 spiro atoms. The van der Waals surface area contributed by atoms with Crippen molar-refractivity contribution in [2.45, 2.75) is 104 Å². The molecule has 4 aliphatic carbocycles. The molecule has 0 N–H and O–H groups in total. The fraction of sp³-hybridized carbons (Fsp3) is 0.385. The Morgan fingerprint density at radius 1 is 0.554 bits per heavy atom. The van der Waals surface area contributed by atoms with Crippen LogP contribution in [0, 0.1) is 37.5 Å². The van der Waals surface area contributed by atoms with E-state index in [4.69, 9.17) is 0 Å². The molecule has 0 saturated heterocycles. The monoisotopic (exact) mass is 874 g/mol. The zero-order valence-corrected chi connectivity index (χ0v) is 39.4. The molecule has 4 heteroatoms. The molecular formula is C52H62Cl2SiZr-4. The summed E-state index contributed by atoms with van der Waals surface area (Å²) < 4.78 is 0. The van der Waals surface area contributed by atoms with E-state index in [9.17, 15) is 0 Å². The SMILES string of the molecule is CCc1ccc(-c2cccc3[cH-]c(CC45CCC(CC4)C5)cc23)cc1.CCc1ccc(-c2cccc3[cH-]c(CC45CCC(CC4)C5)cc23)cc1.Cl.Cl.[CH3-].[CH3-].[Si]=[Zr]. The summed E-state index contributed by atoms with van der Waals surface area (Å²) in [5.74, 6) is 2.08. The number of halogens is 2. The van der Waals surface area contributed by atoms with Crippen LogP contribution in [0.2, 0.25) is 0 Å². The van der Waals surface area contributed by atoms with Gasteiger partial charge >= 0.3 is 30.2 Å². The van der Waals surface area contributed by atoms with E-state index in [2.05, 4.69) is 130 Å². The second-order valence-corrected chi connectivity index (χ2v) is 17.1. The second kappa shape index (κ2) is 20.2. The summed E-state index contributed by atoms with van der Waals surface area (Å²) >= 11 is 1.36. The van der Waals surface area contributed by atoms with Crippen molar-refractivity contribution in [3.63, 3.8) is 0 Å². The van der Waals surface area contributed by atoms with E-state index in [1.54, 1.807) is 11.1 Å². The van der Waals surface area contributed by atoms with Gasteiger partial charge in [-0.1, -0.05) is 85.6 Å². The van der Waals surface area contributed by atoms with Crippen LogP contribution in [0.3, 0.4) is 0 Å². The van der Waals surface area contributed by atoms with E-state index in [1.165, 1.54) is 155 Å². The van der Waals surface area contributed by atoms with Gasteiger partial charge in [0.25, 0.3) is 0 Å². The standard InChI is InChI=1S/2C25H27.2CH3.2ClH.Si.Zr/c2*1-2-18-6-8-21(9-7-18)23-5-3-4-22-14-20(15-24(22)23)17-25-12-10-19(16-25)11-13-25;;;;;;/h2*3-9,14-15,19H,2,10-13,16-17H2,1H3;2*1H3;2*1H;;/q4*-1;;;;. The van der Waals surface area contributed by atoms with Crippen LogP contribution in [0.5, 0.6) is 0 Å². The van der Waals surface area contributed by atoms with Crippen molar-refractivity contribution in [1.29, 1.82) is 0 Å². The number of rotatable bonds is 8. The number of hydrogen-bond donors (Lipinski definition) is 0. The van der Waals surface area contributed by atoms with Gasteiger partial charge in [0.15, 0.2) is 0 Å². The quantitative estimate of drug-likeness (QED) is 0.106. The third-order valence-electron chi connectivity index (χ3n) is 13.9. The Hall–Kier alpha value is -2.22. The van der Waals surface area contributed by atoms with Crippen molar-refractivity contribution in [2.75, 3.05) is 0 Å². The molecule has 2 radical (unpaired) electrons. The molecule has 4 saturated carbocycles. The maximum atomic E-state index is 3.06. The van der Waals surface area contributed by atoms with Crippen LogP contribution in [0.4, 0.5) is 0 Å². The maximum absolute atomic E-state index is 3.06. The van der Waals surface area contributed by atoms with Gasteiger partial charge in [0.05, 0.1) is 0 Å². The van der Waals surface area contributed by atoms with E-state index in [1.807, 2.05) is 0 Å². The normalized spacial score (nSPS) is 22.4. The van der Waals surface area contributed by atoms with Gasteiger partial charge < -0.3 is 14.9 Å². The summed E-state index contributed by atoms with van der Waals surface area (Å²) in [7, 11) is 0. The van der Waals surface area contributed by atoms with Crippen molar-refractivity contribution >= 4 is 53.2 Å². The first-order valence-corrected chi connectivity index (χ1v) is 24.5. The van der Waals surface area contributed by atoms with Gasteiger partial charge in [0, 0.05) is 0 Å². The van der Waals surface area contributed by atoms with E-state index in [-0.39, 0.29) is 39.7 Å². The molecule has 0 unspecified atom stereocenters. The first-order valence-electron chi connectivity index (χ1n) is 20.3. The molecule has 0 nitrogen and oxygen atoms in total. The average Bonchev–Trinajstić information content (AvgIpc) is 4.06. The van der Waals surface area contributed by atoms with Crippen molar-refractivity contribution < 1.29 is 23.3 Å². The summed E-state index contributed by atoms with van der Waals surface area (Å²) in [5, 5.41) is 5.70. The zero-order chi connectivity index (χ0) is 35.7. The average molecular weight is 877 g/mol. The first kappa shape index (κ1) is 46.5. The summed E-state index contributed by atoms with van der Waals surface area (Å²) in [6.07, 6.45) is 19.6. The predicted molar refractivity (Wildman–Crippen MR) is 247 cm³/mol. The molecule has 0 aromatic heterocycles. The van der Waals surface area contributed by atoms with Gasteiger partial charge in [0.1, 0.15) is 0 Å². The van der Waals surface area contributed by atoms with Gasteiger partial charge in [-0.15, -0.1) is 93.9 Å². The molecule has 4 fully saturated rings. The van der Waals surface area contributed by atoms with Crippen LogP contribution >= 0.6 is 24.8 Å². The first-order chi connectivity index (χ1) is 25.5. The fourth-order valence-electron chi connectivity index (χ4n) is 11.1. The zero-order valence-electron chi connectivity index (χ0n) is 34.3. The molecule has 6 aromatic carbocycles.